The van der Waals surface area contributed by atoms with Gasteiger partial charge in [-0.25, -0.2) is 4.79 Å². The summed E-state index contributed by atoms with van der Waals surface area (Å²) in [5.41, 5.74) is 0. The number of piperidine rings is 1. The van der Waals surface area contributed by atoms with Gasteiger partial charge >= 0.3 is 6.03 Å². The van der Waals surface area contributed by atoms with Gasteiger partial charge in [-0.15, -0.1) is 0 Å². The second-order valence-corrected chi connectivity index (χ2v) is 8.57. The highest BCUT2D eigenvalue weighted by Gasteiger charge is 2.28. The Labute approximate surface area is 161 Å². The summed E-state index contributed by atoms with van der Waals surface area (Å²) in [6, 6.07) is 1.11. The highest BCUT2D eigenvalue weighted by molar-refractivity contribution is 5.73. The van der Waals surface area contributed by atoms with Gasteiger partial charge in [-0.1, -0.05) is 26.7 Å². The van der Waals surface area contributed by atoms with E-state index in [4.69, 9.17) is 0 Å². The number of carbonyl (C=O) groups is 1. The van der Waals surface area contributed by atoms with Crippen LogP contribution in [0.3, 0.4) is 0 Å². The second-order valence-electron chi connectivity index (χ2n) is 8.57. The van der Waals surface area contributed by atoms with Crippen LogP contribution < -0.4 is 10.6 Å². The number of hydrogen-bond acceptors (Lipinski definition) is 3. The van der Waals surface area contributed by atoms with Crippen LogP contribution in [0.4, 0.5) is 4.79 Å². The highest BCUT2D eigenvalue weighted by atomic mass is 16.2. The van der Waals surface area contributed by atoms with Crippen molar-refractivity contribution < 1.29 is 4.79 Å². The number of carbonyl (C=O) groups excluding carboxylic acids is 1. The first-order chi connectivity index (χ1) is 12.5. The van der Waals surface area contributed by atoms with Crippen molar-refractivity contribution >= 4 is 6.03 Å². The molecule has 2 aliphatic heterocycles. The molecule has 2 rings (SSSR count). The third kappa shape index (κ3) is 6.41. The van der Waals surface area contributed by atoms with Crippen LogP contribution in [0.2, 0.25) is 0 Å². The quantitative estimate of drug-likeness (QED) is 0.658. The van der Waals surface area contributed by atoms with E-state index in [-0.39, 0.29) is 6.03 Å². The molecule has 0 aromatic rings. The van der Waals surface area contributed by atoms with Crippen molar-refractivity contribution in [3.8, 4) is 0 Å². The summed E-state index contributed by atoms with van der Waals surface area (Å²) in [5.74, 6) is 1.26. The van der Waals surface area contributed by atoms with E-state index in [1.165, 1.54) is 58.2 Å². The van der Waals surface area contributed by atoms with E-state index in [0.717, 1.165) is 19.6 Å². The molecule has 2 N–H and O–H groups in total. The second kappa shape index (κ2) is 11.1. The first-order valence-electron chi connectivity index (χ1n) is 11.0. The summed E-state index contributed by atoms with van der Waals surface area (Å²) in [4.78, 5) is 17.5. The Kier molecular flexibility index (Phi) is 9.20. The van der Waals surface area contributed by atoms with Crippen molar-refractivity contribution in [3.63, 3.8) is 0 Å². The molecule has 0 saturated carbocycles. The fourth-order valence-corrected chi connectivity index (χ4v) is 4.73. The van der Waals surface area contributed by atoms with E-state index >= 15 is 0 Å². The molecular formula is C21H42N4O. The van der Waals surface area contributed by atoms with Gasteiger partial charge in [0.15, 0.2) is 0 Å². The van der Waals surface area contributed by atoms with E-state index in [1.54, 1.807) is 0 Å². The van der Waals surface area contributed by atoms with Crippen molar-refractivity contribution in [2.45, 2.75) is 78.3 Å². The lowest BCUT2D eigenvalue weighted by Crippen LogP contribution is -2.50. The molecule has 5 nitrogen and oxygen atoms in total. The number of amides is 2. The molecule has 2 heterocycles. The van der Waals surface area contributed by atoms with Gasteiger partial charge in [-0.2, -0.15) is 0 Å². The van der Waals surface area contributed by atoms with Gasteiger partial charge < -0.3 is 15.5 Å². The Bertz CT molecular complexity index is 403. The molecule has 152 valence electrons. The van der Waals surface area contributed by atoms with Crippen LogP contribution in [-0.4, -0.2) is 67.2 Å². The van der Waals surface area contributed by atoms with E-state index in [2.05, 4.69) is 48.1 Å². The Morgan fingerprint density at radius 2 is 1.65 bits per heavy atom. The standard InChI is InChI=1S/C21H42N4O/c1-5-19(6-2)20(24-11-7-8-12-24)15-23-21(26)22-14-18-10-9-13-25(16-18)17(3)4/h17-20H,5-16H2,1-4H3,(H2,22,23,26). The molecule has 0 radical (unpaired) electrons. The number of rotatable bonds is 9. The molecule has 2 amide bonds. The molecule has 0 aromatic carbocycles. The molecule has 2 saturated heterocycles. The maximum atomic E-state index is 12.4. The molecule has 2 atom stereocenters. The molecule has 26 heavy (non-hydrogen) atoms. The van der Waals surface area contributed by atoms with Crippen LogP contribution in [0.1, 0.15) is 66.2 Å². The number of nitrogens with one attached hydrogen (secondary N) is 2. The van der Waals surface area contributed by atoms with Gasteiger partial charge in [0.05, 0.1) is 0 Å². The minimum atomic E-state index is 0.0156. The maximum Gasteiger partial charge on any atom is 0.314 e. The zero-order valence-electron chi connectivity index (χ0n) is 17.6. The van der Waals surface area contributed by atoms with Gasteiger partial charge in [0.2, 0.25) is 0 Å². The minimum Gasteiger partial charge on any atom is -0.338 e. The smallest absolute Gasteiger partial charge is 0.314 e. The van der Waals surface area contributed by atoms with Gasteiger partial charge in [-0.05, 0) is 71.0 Å². The largest absolute Gasteiger partial charge is 0.338 e. The van der Waals surface area contributed by atoms with Crippen molar-refractivity contribution in [1.29, 1.82) is 0 Å². The Morgan fingerprint density at radius 3 is 2.27 bits per heavy atom. The summed E-state index contributed by atoms with van der Waals surface area (Å²) < 4.78 is 0. The van der Waals surface area contributed by atoms with Crippen molar-refractivity contribution in [3.05, 3.63) is 0 Å². The topological polar surface area (TPSA) is 47.6 Å². The monoisotopic (exact) mass is 366 g/mol. The van der Waals surface area contributed by atoms with Crippen LogP contribution >= 0.6 is 0 Å². The van der Waals surface area contributed by atoms with Crippen LogP contribution in [0, 0.1) is 11.8 Å². The molecule has 2 unspecified atom stereocenters. The molecule has 2 fully saturated rings. The van der Waals surface area contributed by atoms with Crippen LogP contribution in [0.25, 0.3) is 0 Å². The van der Waals surface area contributed by atoms with E-state index in [0.29, 0.717) is 23.9 Å². The van der Waals surface area contributed by atoms with Gasteiger partial charge in [0.25, 0.3) is 0 Å². The molecular weight excluding hydrogens is 324 g/mol. The normalized spacial score (nSPS) is 23.5. The molecule has 0 aromatic heterocycles. The third-order valence-electron chi connectivity index (χ3n) is 6.51. The maximum absolute atomic E-state index is 12.4. The van der Waals surface area contributed by atoms with Crippen LogP contribution in [-0.2, 0) is 0 Å². The van der Waals surface area contributed by atoms with Gasteiger partial charge in [-0.3, -0.25) is 4.90 Å². The van der Waals surface area contributed by atoms with Gasteiger partial charge in [0, 0.05) is 31.7 Å². The Morgan fingerprint density at radius 1 is 1.00 bits per heavy atom. The van der Waals surface area contributed by atoms with Crippen molar-refractivity contribution in [2.75, 3.05) is 39.3 Å². The van der Waals surface area contributed by atoms with Crippen LogP contribution in [0.15, 0.2) is 0 Å². The first-order valence-corrected chi connectivity index (χ1v) is 11.0. The molecule has 0 spiro atoms. The summed E-state index contributed by atoms with van der Waals surface area (Å²) in [6.07, 6.45) is 7.46. The number of likely N-dealkylation sites (tertiary alicyclic amines) is 2. The Balaban J connectivity index is 1.75. The predicted octanol–water partition coefficient (Wildman–Crippen LogP) is 3.31. The van der Waals surface area contributed by atoms with Gasteiger partial charge in [0.1, 0.15) is 0 Å². The summed E-state index contributed by atoms with van der Waals surface area (Å²) in [5, 5.41) is 6.31. The first kappa shape index (κ1) is 21.5. The van der Waals surface area contributed by atoms with Crippen molar-refractivity contribution in [1.82, 2.24) is 20.4 Å². The molecule has 0 aliphatic carbocycles. The minimum absolute atomic E-state index is 0.0156. The van der Waals surface area contributed by atoms with E-state index in [9.17, 15) is 4.79 Å². The lowest BCUT2D eigenvalue weighted by Gasteiger charge is -2.35. The summed E-state index contributed by atoms with van der Waals surface area (Å²) in [6.45, 7) is 15.4. The predicted molar refractivity (Wildman–Crippen MR) is 110 cm³/mol. The SMILES string of the molecule is CCC(CC)C(CNC(=O)NCC1CCCN(C(C)C)C1)N1CCCC1. The average molecular weight is 367 g/mol. The summed E-state index contributed by atoms with van der Waals surface area (Å²) in [7, 11) is 0. The lowest BCUT2D eigenvalue weighted by atomic mass is 9.93. The highest BCUT2D eigenvalue weighted by Crippen LogP contribution is 2.22. The Hall–Kier alpha value is -0.810. The fourth-order valence-electron chi connectivity index (χ4n) is 4.73. The number of urea groups is 1. The fraction of sp³-hybridized carbons (Fsp3) is 0.952. The van der Waals surface area contributed by atoms with E-state index < -0.39 is 0 Å². The summed E-state index contributed by atoms with van der Waals surface area (Å²) >= 11 is 0. The molecule has 2 aliphatic rings. The van der Waals surface area contributed by atoms with Crippen LogP contribution in [0.5, 0.6) is 0 Å². The molecule has 0 bridgehead atoms. The third-order valence-corrected chi connectivity index (χ3v) is 6.51. The zero-order chi connectivity index (χ0) is 18.9. The van der Waals surface area contributed by atoms with Crippen molar-refractivity contribution in [2.24, 2.45) is 11.8 Å². The number of hydrogen-bond donors (Lipinski definition) is 2. The zero-order valence-corrected chi connectivity index (χ0v) is 17.6. The average Bonchev–Trinajstić information content (AvgIpc) is 3.18. The van der Waals surface area contributed by atoms with E-state index in [1.807, 2.05) is 0 Å². The lowest BCUT2D eigenvalue weighted by molar-refractivity contribution is 0.138. The number of nitrogens with zero attached hydrogens (tertiary/aromatic N) is 2. The molecule has 5 heteroatoms.